The van der Waals surface area contributed by atoms with Crippen molar-refractivity contribution in [3.63, 3.8) is 0 Å². The van der Waals surface area contributed by atoms with E-state index in [1.54, 1.807) is 11.3 Å². The van der Waals surface area contributed by atoms with Crippen LogP contribution in [0, 0.1) is 0 Å². The van der Waals surface area contributed by atoms with E-state index in [0.717, 1.165) is 39.7 Å². The van der Waals surface area contributed by atoms with Crippen LogP contribution in [0.15, 0.2) is 54.2 Å². The molecular weight excluding hydrogens is 288 g/mol. The van der Waals surface area contributed by atoms with E-state index in [4.69, 9.17) is 11.6 Å². The predicted octanol–water partition coefficient (Wildman–Crippen LogP) is 4.64. The molecule has 100 valence electrons. The molecular formula is C16H13ClN2S. The van der Waals surface area contributed by atoms with Crippen LogP contribution in [0.1, 0.15) is 10.6 Å². The van der Waals surface area contributed by atoms with E-state index in [9.17, 15) is 0 Å². The SMILES string of the molecule is Clc1c(CCc2nccs2)ccnc1-c1ccccc1. The Labute approximate surface area is 127 Å². The molecule has 0 fully saturated rings. The van der Waals surface area contributed by atoms with Gasteiger partial charge in [0, 0.05) is 29.8 Å². The number of halogens is 1. The maximum absolute atomic E-state index is 6.50. The Morgan fingerprint density at radius 2 is 1.80 bits per heavy atom. The molecule has 0 spiro atoms. The van der Waals surface area contributed by atoms with Gasteiger partial charge in [0.15, 0.2) is 0 Å². The first kappa shape index (κ1) is 13.3. The fourth-order valence-corrected chi connectivity index (χ4v) is 3.03. The maximum Gasteiger partial charge on any atom is 0.0928 e. The van der Waals surface area contributed by atoms with Gasteiger partial charge >= 0.3 is 0 Å². The molecule has 0 atom stereocenters. The maximum atomic E-state index is 6.50. The number of benzene rings is 1. The molecule has 2 heterocycles. The largest absolute Gasteiger partial charge is 0.255 e. The fraction of sp³-hybridized carbons (Fsp3) is 0.125. The number of rotatable bonds is 4. The molecule has 20 heavy (non-hydrogen) atoms. The molecule has 0 saturated carbocycles. The minimum absolute atomic E-state index is 0.746. The lowest BCUT2D eigenvalue weighted by Crippen LogP contribution is -1.95. The number of nitrogens with zero attached hydrogens (tertiary/aromatic N) is 2. The van der Waals surface area contributed by atoms with E-state index in [-0.39, 0.29) is 0 Å². The molecule has 0 bridgehead atoms. The van der Waals surface area contributed by atoms with Gasteiger partial charge in [-0.25, -0.2) is 4.98 Å². The van der Waals surface area contributed by atoms with Crippen molar-refractivity contribution in [2.75, 3.05) is 0 Å². The van der Waals surface area contributed by atoms with Crippen molar-refractivity contribution in [3.05, 3.63) is 69.8 Å². The molecule has 0 aliphatic rings. The van der Waals surface area contributed by atoms with Crippen molar-refractivity contribution >= 4 is 22.9 Å². The summed E-state index contributed by atoms with van der Waals surface area (Å²) in [6.07, 6.45) is 5.46. The lowest BCUT2D eigenvalue weighted by atomic mass is 10.1. The zero-order valence-electron chi connectivity index (χ0n) is 10.8. The summed E-state index contributed by atoms with van der Waals surface area (Å²) in [6.45, 7) is 0. The summed E-state index contributed by atoms with van der Waals surface area (Å²) in [6, 6.07) is 12.0. The van der Waals surface area contributed by atoms with Gasteiger partial charge in [-0.05, 0) is 18.1 Å². The zero-order chi connectivity index (χ0) is 13.8. The summed E-state index contributed by atoms with van der Waals surface area (Å²) in [5.41, 5.74) is 3.02. The van der Waals surface area contributed by atoms with Crippen molar-refractivity contribution < 1.29 is 0 Å². The van der Waals surface area contributed by atoms with E-state index < -0.39 is 0 Å². The first-order valence-electron chi connectivity index (χ1n) is 6.42. The van der Waals surface area contributed by atoms with Gasteiger partial charge in [0.2, 0.25) is 0 Å². The van der Waals surface area contributed by atoms with Gasteiger partial charge in [-0.1, -0.05) is 41.9 Å². The molecule has 1 aromatic carbocycles. The average Bonchev–Trinajstić information content (AvgIpc) is 3.00. The Hall–Kier alpha value is -1.71. The minimum Gasteiger partial charge on any atom is -0.255 e. The number of aryl methyl sites for hydroxylation is 2. The Bertz CT molecular complexity index is 681. The fourth-order valence-electron chi connectivity index (χ4n) is 2.09. The van der Waals surface area contributed by atoms with Crippen LogP contribution >= 0.6 is 22.9 Å². The molecule has 0 radical (unpaired) electrons. The molecule has 0 saturated heterocycles. The van der Waals surface area contributed by atoms with Crippen molar-refractivity contribution in [1.82, 2.24) is 9.97 Å². The normalized spacial score (nSPS) is 10.7. The van der Waals surface area contributed by atoms with Crippen molar-refractivity contribution in [2.45, 2.75) is 12.8 Å². The quantitative estimate of drug-likeness (QED) is 0.701. The molecule has 2 nitrogen and oxygen atoms in total. The molecule has 0 aliphatic carbocycles. The number of hydrogen-bond acceptors (Lipinski definition) is 3. The van der Waals surface area contributed by atoms with Gasteiger partial charge in [0.25, 0.3) is 0 Å². The van der Waals surface area contributed by atoms with Crippen LogP contribution in [-0.2, 0) is 12.8 Å². The van der Waals surface area contributed by atoms with Crippen molar-refractivity contribution in [2.24, 2.45) is 0 Å². The first-order chi connectivity index (χ1) is 9.84. The highest BCUT2D eigenvalue weighted by Gasteiger charge is 2.09. The lowest BCUT2D eigenvalue weighted by Gasteiger charge is -2.08. The van der Waals surface area contributed by atoms with E-state index in [2.05, 4.69) is 9.97 Å². The van der Waals surface area contributed by atoms with E-state index >= 15 is 0 Å². The Kier molecular flexibility index (Phi) is 4.09. The molecule has 0 N–H and O–H groups in total. The Balaban J connectivity index is 1.86. The van der Waals surface area contributed by atoms with Crippen LogP contribution in [-0.4, -0.2) is 9.97 Å². The lowest BCUT2D eigenvalue weighted by molar-refractivity contribution is 0.941. The monoisotopic (exact) mass is 300 g/mol. The molecule has 4 heteroatoms. The van der Waals surface area contributed by atoms with E-state index in [1.165, 1.54) is 0 Å². The number of thiazole rings is 1. The van der Waals surface area contributed by atoms with Gasteiger partial charge in [-0.2, -0.15) is 0 Å². The van der Waals surface area contributed by atoms with Gasteiger partial charge in [0.1, 0.15) is 0 Å². The third-order valence-electron chi connectivity index (χ3n) is 3.11. The smallest absolute Gasteiger partial charge is 0.0928 e. The Morgan fingerprint density at radius 3 is 2.55 bits per heavy atom. The zero-order valence-corrected chi connectivity index (χ0v) is 12.4. The van der Waals surface area contributed by atoms with Gasteiger partial charge in [-0.3, -0.25) is 4.98 Å². The molecule has 0 aliphatic heterocycles. The first-order valence-corrected chi connectivity index (χ1v) is 7.67. The summed E-state index contributed by atoms with van der Waals surface area (Å²) >= 11 is 8.18. The molecule has 0 unspecified atom stereocenters. The molecule has 3 rings (SSSR count). The van der Waals surface area contributed by atoms with Gasteiger partial charge < -0.3 is 0 Å². The van der Waals surface area contributed by atoms with E-state index in [0.29, 0.717) is 0 Å². The summed E-state index contributed by atoms with van der Waals surface area (Å²) in [7, 11) is 0. The number of hydrogen-bond donors (Lipinski definition) is 0. The molecule has 3 aromatic rings. The van der Waals surface area contributed by atoms with Crippen LogP contribution in [0.2, 0.25) is 5.02 Å². The van der Waals surface area contributed by atoms with Crippen molar-refractivity contribution in [1.29, 1.82) is 0 Å². The minimum atomic E-state index is 0.746. The predicted molar refractivity (Wildman–Crippen MR) is 84.2 cm³/mol. The highest BCUT2D eigenvalue weighted by Crippen LogP contribution is 2.29. The topological polar surface area (TPSA) is 25.8 Å². The second kappa shape index (κ2) is 6.16. The second-order valence-corrected chi connectivity index (χ2v) is 5.78. The van der Waals surface area contributed by atoms with Crippen LogP contribution < -0.4 is 0 Å². The van der Waals surface area contributed by atoms with Crippen LogP contribution in [0.5, 0.6) is 0 Å². The summed E-state index contributed by atoms with van der Waals surface area (Å²) < 4.78 is 0. The number of aromatic nitrogens is 2. The summed E-state index contributed by atoms with van der Waals surface area (Å²) in [4.78, 5) is 8.71. The van der Waals surface area contributed by atoms with Gasteiger partial charge in [-0.15, -0.1) is 11.3 Å². The second-order valence-electron chi connectivity index (χ2n) is 4.42. The number of pyridine rings is 1. The third kappa shape index (κ3) is 2.89. The summed E-state index contributed by atoms with van der Waals surface area (Å²) in [5, 5.41) is 3.88. The Morgan fingerprint density at radius 1 is 0.950 bits per heavy atom. The molecule has 2 aromatic heterocycles. The van der Waals surface area contributed by atoms with Crippen LogP contribution in [0.4, 0.5) is 0 Å². The average molecular weight is 301 g/mol. The van der Waals surface area contributed by atoms with Crippen molar-refractivity contribution in [3.8, 4) is 11.3 Å². The van der Waals surface area contributed by atoms with Crippen LogP contribution in [0.25, 0.3) is 11.3 Å². The summed E-state index contributed by atoms with van der Waals surface area (Å²) in [5.74, 6) is 0. The highest BCUT2D eigenvalue weighted by atomic mass is 35.5. The molecule has 0 amide bonds. The van der Waals surface area contributed by atoms with Gasteiger partial charge in [0.05, 0.1) is 15.7 Å². The standard InChI is InChI=1S/C16H13ClN2S/c17-15-12(6-7-14-18-10-11-20-14)8-9-19-16(15)13-4-2-1-3-5-13/h1-5,8-11H,6-7H2. The van der Waals surface area contributed by atoms with Crippen LogP contribution in [0.3, 0.4) is 0 Å². The third-order valence-corrected chi connectivity index (χ3v) is 4.37. The van der Waals surface area contributed by atoms with E-state index in [1.807, 2.05) is 54.2 Å². The highest BCUT2D eigenvalue weighted by molar-refractivity contribution is 7.09.